The molecular formula is C34H45BrN4O3. The monoisotopic (exact) mass is 636 g/mol. The van der Waals surface area contributed by atoms with E-state index in [-0.39, 0.29) is 11.9 Å². The summed E-state index contributed by atoms with van der Waals surface area (Å²) in [4.78, 5) is 21.8. The van der Waals surface area contributed by atoms with Crippen LogP contribution in [0.3, 0.4) is 0 Å². The van der Waals surface area contributed by atoms with Crippen LogP contribution in [0.4, 0.5) is 5.82 Å². The Morgan fingerprint density at radius 3 is 2.67 bits per heavy atom. The van der Waals surface area contributed by atoms with Gasteiger partial charge in [0, 0.05) is 28.9 Å². The summed E-state index contributed by atoms with van der Waals surface area (Å²) in [6, 6.07) is 12.2. The van der Waals surface area contributed by atoms with E-state index < -0.39 is 0 Å². The van der Waals surface area contributed by atoms with Crippen molar-refractivity contribution in [3.05, 3.63) is 52.3 Å². The molecule has 1 heterocycles. The molecule has 3 aliphatic carbocycles. The summed E-state index contributed by atoms with van der Waals surface area (Å²) in [6.45, 7) is 5.44. The number of nitrogens with one attached hydrogen (secondary N) is 2. The van der Waals surface area contributed by atoms with Gasteiger partial charge in [0.15, 0.2) is 11.5 Å². The number of anilines is 1. The molecule has 8 heteroatoms. The lowest BCUT2D eigenvalue weighted by Crippen LogP contribution is -2.44. The Morgan fingerprint density at radius 2 is 1.90 bits per heavy atom. The smallest absolute Gasteiger partial charge is 0.220 e. The van der Waals surface area contributed by atoms with Crippen molar-refractivity contribution >= 4 is 38.6 Å². The molecular weight excluding hydrogens is 592 g/mol. The molecule has 1 atom stereocenters. The normalized spacial score (nSPS) is 20.0. The van der Waals surface area contributed by atoms with Gasteiger partial charge in [0.2, 0.25) is 5.91 Å². The third-order valence-electron chi connectivity index (χ3n) is 8.99. The summed E-state index contributed by atoms with van der Waals surface area (Å²) in [7, 11) is 1.66. The van der Waals surface area contributed by atoms with Gasteiger partial charge in [0.25, 0.3) is 0 Å². The van der Waals surface area contributed by atoms with Crippen molar-refractivity contribution in [2.45, 2.75) is 90.5 Å². The average Bonchev–Trinajstić information content (AvgIpc) is 2.95. The second-order valence-electron chi connectivity index (χ2n) is 12.4. The SMILES string of the molecule is COc1cc2c(N[C@H](C)c3cccc(Br)c3)nc(C)nc2cc1OCCCCCCCNC(=O)CC12CCCC(C1)C2. The molecule has 3 fully saturated rings. The number of hydrogen-bond donors (Lipinski definition) is 2. The topological polar surface area (TPSA) is 85.4 Å². The van der Waals surface area contributed by atoms with Crippen LogP contribution in [0.1, 0.15) is 95.0 Å². The van der Waals surface area contributed by atoms with E-state index >= 15 is 0 Å². The van der Waals surface area contributed by atoms with Crippen LogP contribution in [0.2, 0.25) is 0 Å². The molecule has 0 unspecified atom stereocenters. The number of fused-ring (bicyclic) bond motifs is 3. The molecule has 6 rings (SSSR count). The van der Waals surface area contributed by atoms with Crippen molar-refractivity contribution in [3.8, 4) is 11.5 Å². The van der Waals surface area contributed by atoms with E-state index in [1.807, 2.05) is 31.2 Å². The summed E-state index contributed by atoms with van der Waals surface area (Å²) < 4.78 is 12.9. The highest BCUT2D eigenvalue weighted by Gasteiger charge is 2.47. The Kier molecular flexibility index (Phi) is 10.2. The van der Waals surface area contributed by atoms with E-state index in [2.05, 4.69) is 50.6 Å². The minimum atomic E-state index is 0.0601. The highest BCUT2D eigenvalue weighted by atomic mass is 79.9. The molecule has 2 aromatic carbocycles. The van der Waals surface area contributed by atoms with Crippen molar-refractivity contribution in [3.63, 3.8) is 0 Å². The number of unbranched alkanes of at least 4 members (excludes halogenated alkanes) is 4. The molecule has 3 aliphatic rings. The van der Waals surface area contributed by atoms with Gasteiger partial charge < -0.3 is 20.1 Å². The molecule has 7 nitrogen and oxygen atoms in total. The number of ether oxygens (including phenoxy) is 2. The first-order valence-electron chi connectivity index (χ1n) is 15.6. The zero-order valence-electron chi connectivity index (χ0n) is 25.3. The molecule has 0 saturated heterocycles. The highest BCUT2D eigenvalue weighted by molar-refractivity contribution is 9.10. The minimum absolute atomic E-state index is 0.0601. The fraction of sp³-hybridized carbons (Fsp3) is 0.559. The van der Waals surface area contributed by atoms with E-state index in [0.29, 0.717) is 29.3 Å². The fourth-order valence-corrected chi connectivity index (χ4v) is 7.26. The average molecular weight is 638 g/mol. The molecule has 226 valence electrons. The van der Waals surface area contributed by atoms with Crippen molar-refractivity contribution in [1.82, 2.24) is 15.3 Å². The van der Waals surface area contributed by atoms with E-state index in [0.717, 1.165) is 77.7 Å². The van der Waals surface area contributed by atoms with Gasteiger partial charge in [-0.1, -0.05) is 60.2 Å². The van der Waals surface area contributed by atoms with Gasteiger partial charge in [-0.25, -0.2) is 9.97 Å². The summed E-state index contributed by atoms with van der Waals surface area (Å²) in [6.07, 6.45) is 12.6. The van der Waals surface area contributed by atoms with Crippen molar-refractivity contribution in [1.29, 1.82) is 0 Å². The van der Waals surface area contributed by atoms with Crippen LogP contribution in [0.5, 0.6) is 11.5 Å². The second kappa shape index (κ2) is 14.1. The molecule has 1 amide bonds. The Bertz CT molecular complexity index is 1370. The predicted octanol–water partition coefficient (Wildman–Crippen LogP) is 8.30. The van der Waals surface area contributed by atoms with Gasteiger partial charge in [-0.05, 0) is 81.0 Å². The van der Waals surface area contributed by atoms with E-state index in [1.54, 1.807) is 7.11 Å². The molecule has 2 bridgehead atoms. The number of amides is 1. The molecule has 3 saturated carbocycles. The summed E-state index contributed by atoms with van der Waals surface area (Å²) in [5.74, 6) is 4.01. The molecule has 2 N–H and O–H groups in total. The van der Waals surface area contributed by atoms with Crippen LogP contribution in [0.25, 0.3) is 10.9 Å². The third kappa shape index (κ3) is 7.74. The lowest BCUT2D eigenvalue weighted by atomic mass is 9.53. The largest absolute Gasteiger partial charge is 0.493 e. The minimum Gasteiger partial charge on any atom is -0.493 e. The first-order valence-corrected chi connectivity index (χ1v) is 16.4. The number of carbonyl (C=O) groups is 1. The number of rotatable bonds is 15. The number of benzene rings is 2. The maximum Gasteiger partial charge on any atom is 0.220 e. The zero-order valence-corrected chi connectivity index (χ0v) is 26.9. The Morgan fingerprint density at radius 1 is 1.10 bits per heavy atom. The van der Waals surface area contributed by atoms with Gasteiger partial charge in [0.05, 0.1) is 25.3 Å². The standard InChI is InChI=1S/C34H45BrN4O3/c1-23(26-12-9-13-27(35)17-26)37-33-28-18-30(41-3)31(19-29(28)38-24(2)39-33)42-16-8-6-4-5-7-15-36-32(40)22-34-14-10-11-25(20-34)21-34/h9,12-13,17-19,23,25H,4-8,10-11,14-16,20-22H2,1-3H3,(H,36,40)(H,37,38,39)/t23-,25?,34?/m1/s1. The lowest BCUT2D eigenvalue weighted by Gasteiger charge is -2.52. The van der Waals surface area contributed by atoms with E-state index in [4.69, 9.17) is 14.5 Å². The number of aryl methyl sites for hydroxylation is 1. The number of nitrogens with zero attached hydrogens (tertiary/aromatic N) is 2. The number of hydrogen-bond acceptors (Lipinski definition) is 6. The Labute approximate surface area is 258 Å². The van der Waals surface area contributed by atoms with Crippen LogP contribution in [-0.2, 0) is 4.79 Å². The third-order valence-corrected chi connectivity index (χ3v) is 9.49. The number of methoxy groups -OCH3 is 1. The van der Waals surface area contributed by atoms with E-state index in [9.17, 15) is 4.79 Å². The zero-order chi connectivity index (χ0) is 29.5. The quantitative estimate of drug-likeness (QED) is 0.163. The second-order valence-corrected chi connectivity index (χ2v) is 13.3. The van der Waals surface area contributed by atoms with Crippen LogP contribution >= 0.6 is 15.9 Å². The molecule has 3 aromatic rings. The van der Waals surface area contributed by atoms with Gasteiger partial charge in [-0.2, -0.15) is 0 Å². The predicted molar refractivity (Wildman–Crippen MR) is 172 cm³/mol. The molecule has 42 heavy (non-hydrogen) atoms. The molecule has 0 aliphatic heterocycles. The fourth-order valence-electron chi connectivity index (χ4n) is 6.84. The van der Waals surface area contributed by atoms with Gasteiger partial charge in [-0.15, -0.1) is 0 Å². The molecule has 0 radical (unpaired) electrons. The van der Waals surface area contributed by atoms with Crippen molar-refractivity contribution < 1.29 is 14.3 Å². The van der Waals surface area contributed by atoms with Crippen LogP contribution in [0, 0.1) is 18.3 Å². The van der Waals surface area contributed by atoms with Crippen molar-refractivity contribution in [2.75, 3.05) is 25.6 Å². The first kappa shape index (κ1) is 30.6. The van der Waals surface area contributed by atoms with Gasteiger partial charge in [-0.3, -0.25) is 4.79 Å². The number of halogens is 1. The lowest BCUT2D eigenvalue weighted by molar-refractivity contribution is -0.128. The van der Waals surface area contributed by atoms with Gasteiger partial charge in [0.1, 0.15) is 11.6 Å². The van der Waals surface area contributed by atoms with Crippen LogP contribution in [0.15, 0.2) is 40.9 Å². The number of carbonyl (C=O) groups excluding carboxylic acids is 1. The summed E-state index contributed by atoms with van der Waals surface area (Å²) in [5, 5.41) is 7.62. The summed E-state index contributed by atoms with van der Waals surface area (Å²) in [5.41, 5.74) is 2.34. The maximum absolute atomic E-state index is 12.4. The summed E-state index contributed by atoms with van der Waals surface area (Å²) >= 11 is 3.56. The highest BCUT2D eigenvalue weighted by Crippen LogP contribution is 2.57. The maximum atomic E-state index is 12.4. The molecule has 0 spiro atoms. The first-order chi connectivity index (χ1) is 20.3. The Balaban J connectivity index is 1.05. The van der Waals surface area contributed by atoms with Gasteiger partial charge >= 0.3 is 0 Å². The van der Waals surface area contributed by atoms with Crippen LogP contribution < -0.4 is 20.1 Å². The van der Waals surface area contributed by atoms with Crippen molar-refractivity contribution in [2.24, 2.45) is 11.3 Å². The molecule has 1 aromatic heterocycles. The van der Waals surface area contributed by atoms with Crippen LogP contribution in [-0.4, -0.2) is 36.1 Å². The number of aromatic nitrogens is 2. The van der Waals surface area contributed by atoms with E-state index in [1.165, 1.54) is 32.1 Å². The Hall–Kier alpha value is -2.87.